The van der Waals surface area contributed by atoms with Crippen LogP contribution >= 0.6 is 0 Å². The number of carbonyl (C=O) groups excluding carboxylic acids is 2. The maximum atomic E-state index is 11.3. The van der Waals surface area contributed by atoms with Crippen LogP contribution in [0.15, 0.2) is 0 Å². The zero-order chi connectivity index (χ0) is 9.57. The first-order valence-electron chi connectivity index (χ1n) is 3.86. The molecule has 13 heavy (non-hydrogen) atoms. The van der Waals surface area contributed by atoms with Gasteiger partial charge in [0.1, 0.15) is 0 Å². The Morgan fingerprint density at radius 2 is 1.62 bits per heavy atom. The molecule has 1 N–H and O–H groups in total. The van der Waals surface area contributed by atoms with Crippen molar-refractivity contribution in [2.24, 2.45) is 0 Å². The zero-order valence-corrected chi connectivity index (χ0v) is 11.2. The number of piperazine rings is 1. The van der Waals surface area contributed by atoms with Gasteiger partial charge in [-0.3, -0.25) is 4.79 Å². The summed E-state index contributed by atoms with van der Waals surface area (Å²) >= 11 is 0. The fraction of sp³-hybridized carbons (Fsp3) is 0.750. The fourth-order valence-corrected chi connectivity index (χ4v) is 0.935. The molecule has 4 nitrogen and oxygen atoms in total. The molecule has 1 aliphatic heterocycles. The minimum atomic E-state index is -0.910. The first kappa shape index (κ1) is 13.0. The van der Waals surface area contributed by atoms with E-state index in [1.807, 2.05) is 0 Å². The van der Waals surface area contributed by atoms with Crippen LogP contribution in [0.2, 0.25) is 0 Å². The van der Waals surface area contributed by atoms with E-state index in [1.165, 1.54) is 0 Å². The molecular formula is C8H13N2O2Y-. The third-order valence-corrected chi connectivity index (χ3v) is 1.90. The molecule has 1 fully saturated rings. The maximum Gasteiger partial charge on any atom is 0.208 e. The number of nitrogens with zero attached hydrogens (tertiary/aromatic N) is 1. The summed E-state index contributed by atoms with van der Waals surface area (Å²) in [5.41, 5.74) is -1.75. The molecule has 0 aromatic rings. The van der Waals surface area contributed by atoms with Gasteiger partial charge in [-0.25, -0.2) is 0 Å². The predicted octanol–water partition coefficient (Wildman–Crippen LogP) is 0.571. The SMILES string of the molecule is CC1(C)[N-]C(=O)C(C)(C)NC1=O.[Y]. The molecule has 0 saturated carbocycles. The van der Waals surface area contributed by atoms with Crippen molar-refractivity contribution in [3.8, 4) is 0 Å². The molecule has 1 rings (SSSR count). The zero-order valence-electron chi connectivity index (χ0n) is 8.34. The molecule has 0 aromatic carbocycles. The van der Waals surface area contributed by atoms with Gasteiger partial charge in [0.05, 0.1) is 11.4 Å². The van der Waals surface area contributed by atoms with E-state index in [0.717, 1.165) is 0 Å². The summed E-state index contributed by atoms with van der Waals surface area (Å²) in [5.74, 6) is -0.473. The van der Waals surface area contributed by atoms with Crippen LogP contribution in [0.3, 0.4) is 0 Å². The van der Waals surface area contributed by atoms with Gasteiger partial charge in [-0.05, 0) is 19.4 Å². The fourth-order valence-electron chi connectivity index (χ4n) is 0.935. The summed E-state index contributed by atoms with van der Waals surface area (Å²) in [6, 6.07) is 0. The van der Waals surface area contributed by atoms with Crippen molar-refractivity contribution in [1.82, 2.24) is 5.32 Å². The van der Waals surface area contributed by atoms with Crippen molar-refractivity contribution in [2.75, 3.05) is 0 Å². The number of carbonyl (C=O) groups is 2. The van der Waals surface area contributed by atoms with E-state index < -0.39 is 11.1 Å². The normalized spacial score (nSPS) is 24.0. The first-order valence-corrected chi connectivity index (χ1v) is 3.86. The average Bonchev–Trinajstić information content (AvgIpc) is 1.82. The molecule has 0 aromatic heterocycles. The monoisotopic (exact) mass is 258 g/mol. The van der Waals surface area contributed by atoms with Gasteiger partial charge >= 0.3 is 0 Å². The molecule has 1 radical (unpaired) electrons. The van der Waals surface area contributed by atoms with Crippen molar-refractivity contribution in [1.29, 1.82) is 0 Å². The van der Waals surface area contributed by atoms with Gasteiger partial charge in [-0.2, -0.15) is 0 Å². The average molecular weight is 258 g/mol. The van der Waals surface area contributed by atoms with Gasteiger partial charge in [-0.1, -0.05) is 13.8 Å². The van der Waals surface area contributed by atoms with Crippen molar-refractivity contribution in [3.05, 3.63) is 5.32 Å². The Hall–Kier alpha value is 0.0439. The first-order chi connectivity index (χ1) is 5.26. The Bertz CT molecular complexity index is 223. The molecule has 0 bridgehead atoms. The summed E-state index contributed by atoms with van der Waals surface area (Å²) < 4.78 is 0. The van der Waals surface area contributed by atoms with E-state index in [1.54, 1.807) is 27.7 Å². The van der Waals surface area contributed by atoms with E-state index >= 15 is 0 Å². The summed E-state index contributed by atoms with van der Waals surface area (Å²) in [6.07, 6.45) is 0. The molecule has 1 aliphatic rings. The van der Waals surface area contributed by atoms with E-state index in [-0.39, 0.29) is 44.5 Å². The van der Waals surface area contributed by atoms with Crippen molar-refractivity contribution < 1.29 is 42.3 Å². The third-order valence-electron chi connectivity index (χ3n) is 1.90. The summed E-state index contributed by atoms with van der Waals surface area (Å²) in [6.45, 7) is 6.53. The molecule has 1 heterocycles. The van der Waals surface area contributed by atoms with Crippen LogP contribution in [-0.2, 0) is 42.3 Å². The summed E-state index contributed by atoms with van der Waals surface area (Å²) in [7, 11) is 0. The van der Waals surface area contributed by atoms with Crippen LogP contribution in [0.4, 0.5) is 0 Å². The quantitative estimate of drug-likeness (QED) is 0.690. The van der Waals surface area contributed by atoms with Gasteiger partial charge in [0, 0.05) is 32.7 Å². The van der Waals surface area contributed by atoms with Crippen molar-refractivity contribution in [2.45, 2.75) is 38.8 Å². The molecule has 2 amide bonds. The van der Waals surface area contributed by atoms with E-state index in [9.17, 15) is 9.59 Å². The predicted molar refractivity (Wildman–Crippen MR) is 44.7 cm³/mol. The van der Waals surface area contributed by atoms with Crippen molar-refractivity contribution >= 4 is 11.8 Å². The third kappa shape index (κ3) is 2.50. The van der Waals surface area contributed by atoms with Crippen LogP contribution in [0, 0.1) is 0 Å². The molecule has 1 saturated heterocycles. The van der Waals surface area contributed by atoms with Crippen LogP contribution in [0.5, 0.6) is 0 Å². The number of hydrogen-bond acceptors (Lipinski definition) is 2. The summed E-state index contributed by atoms with van der Waals surface area (Å²) in [4.78, 5) is 22.6. The number of nitrogens with one attached hydrogen (secondary N) is 1. The Morgan fingerprint density at radius 1 is 1.15 bits per heavy atom. The maximum absolute atomic E-state index is 11.3. The number of rotatable bonds is 0. The second-order valence-electron chi connectivity index (χ2n) is 4.06. The van der Waals surface area contributed by atoms with Gasteiger partial charge in [0.15, 0.2) is 0 Å². The molecule has 0 spiro atoms. The standard InChI is InChI=1S/C8H14N2O2.Y/c1-7(2)5(11)10-8(3,4)6(12)9-7;/h1-4H3,(H2,9,10,11,12);/p-1. The van der Waals surface area contributed by atoms with Crippen LogP contribution in [0.25, 0.3) is 5.32 Å². The van der Waals surface area contributed by atoms with Gasteiger partial charge in [0.2, 0.25) is 5.91 Å². The van der Waals surface area contributed by atoms with Crippen LogP contribution < -0.4 is 5.32 Å². The molecule has 0 atom stereocenters. The topological polar surface area (TPSA) is 60.3 Å². The van der Waals surface area contributed by atoms with Crippen LogP contribution in [0.1, 0.15) is 27.7 Å². The molecular weight excluding hydrogens is 245 g/mol. The second-order valence-corrected chi connectivity index (χ2v) is 4.06. The Balaban J connectivity index is 0.00000144. The Morgan fingerprint density at radius 3 is 2.00 bits per heavy atom. The minimum absolute atomic E-state index is 0. The number of hydrogen-bond donors (Lipinski definition) is 1. The second kappa shape index (κ2) is 3.66. The van der Waals surface area contributed by atoms with Crippen molar-refractivity contribution in [3.63, 3.8) is 0 Å². The minimum Gasteiger partial charge on any atom is -0.639 e. The summed E-state index contributed by atoms with van der Waals surface area (Å²) in [5, 5.41) is 6.41. The molecule has 0 unspecified atom stereocenters. The van der Waals surface area contributed by atoms with E-state index in [0.29, 0.717) is 0 Å². The number of amides is 2. The van der Waals surface area contributed by atoms with Crippen LogP contribution in [-0.4, -0.2) is 22.9 Å². The van der Waals surface area contributed by atoms with E-state index in [4.69, 9.17) is 0 Å². The Labute approximate surface area is 103 Å². The van der Waals surface area contributed by atoms with Gasteiger partial charge < -0.3 is 15.4 Å². The van der Waals surface area contributed by atoms with Gasteiger partial charge in [-0.15, -0.1) is 0 Å². The van der Waals surface area contributed by atoms with E-state index in [2.05, 4.69) is 10.6 Å². The molecule has 0 aliphatic carbocycles. The molecule has 5 heteroatoms. The largest absolute Gasteiger partial charge is 0.639 e. The smallest absolute Gasteiger partial charge is 0.208 e. The Kier molecular flexibility index (Phi) is 3.67. The molecule has 71 valence electrons. The van der Waals surface area contributed by atoms with Gasteiger partial charge in [0.25, 0.3) is 0 Å².